The van der Waals surface area contributed by atoms with Crippen molar-refractivity contribution in [3.8, 4) is 11.4 Å². The molecular weight excluding hydrogens is 240 g/mol. The van der Waals surface area contributed by atoms with Crippen molar-refractivity contribution in [2.24, 2.45) is 5.14 Å². The molecule has 0 atom stereocenters. The molecule has 0 bridgehead atoms. The lowest BCUT2D eigenvalue weighted by atomic mass is 10.1. The quantitative estimate of drug-likeness (QED) is 0.822. The van der Waals surface area contributed by atoms with Crippen LogP contribution in [-0.2, 0) is 10.0 Å². The van der Waals surface area contributed by atoms with E-state index in [0.717, 1.165) is 16.7 Å². The molecule has 0 radical (unpaired) electrons. The summed E-state index contributed by atoms with van der Waals surface area (Å²) in [4.78, 5) is 3.84. The van der Waals surface area contributed by atoms with Crippen LogP contribution in [-0.4, -0.2) is 23.6 Å². The fourth-order valence-corrected chi connectivity index (χ4v) is 1.77. The lowest BCUT2D eigenvalue weighted by Gasteiger charge is -2.00. The number of aromatic amines is 1. The second-order valence-corrected chi connectivity index (χ2v) is 5.28. The van der Waals surface area contributed by atoms with E-state index in [1.54, 1.807) is 0 Å². The average Bonchev–Trinajstić information content (AvgIpc) is 2.70. The van der Waals surface area contributed by atoms with Gasteiger partial charge >= 0.3 is 0 Å². The number of sulfonamides is 1. The lowest BCUT2D eigenvalue weighted by molar-refractivity contribution is 0.589. The van der Waals surface area contributed by atoms with E-state index in [2.05, 4.69) is 15.2 Å². The maximum Gasteiger partial charge on any atom is 0.273 e. The van der Waals surface area contributed by atoms with Crippen molar-refractivity contribution >= 4 is 10.0 Å². The summed E-state index contributed by atoms with van der Waals surface area (Å²) in [7, 11) is -3.84. The molecule has 90 valence electrons. The van der Waals surface area contributed by atoms with E-state index in [4.69, 9.17) is 5.14 Å². The van der Waals surface area contributed by atoms with Gasteiger partial charge in [-0.1, -0.05) is 12.1 Å². The Kier molecular flexibility index (Phi) is 2.72. The van der Waals surface area contributed by atoms with E-state index in [1.807, 2.05) is 32.0 Å². The number of rotatable bonds is 2. The molecule has 2 aromatic rings. The van der Waals surface area contributed by atoms with Gasteiger partial charge in [-0.05, 0) is 31.0 Å². The summed E-state index contributed by atoms with van der Waals surface area (Å²) < 4.78 is 22.1. The maximum atomic E-state index is 11.0. The minimum absolute atomic E-state index is 0.317. The number of primary sulfonamides is 1. The number of nitrogens with zero attached hydrogens (tertiary/aromatic N) is 2. The number of nitrogens with one attached hydrogen (secondary N) is 1. The van der Waals surface area contributed by atoms with Gasteiger partial charge < -0.3 is 0 Å². The zero-order chi connectivity index (χ0) is 12.6. The summed E-state index contributed by atoms with van der Waals surface area (Å²) in [6, 6.07) is 5.65. The number of aromatic nitrogens is 3. The number of nitrogens with two attached hydrogens (primary N) is 1. The first-order valence-electron chi connectivity index (χ1n) is 4.91. The van der Waals surface area contributed by atoms with E-state index in [1.165, 1.54) is 0 Å². The number of aryl methyl sites for hydroxylation is 2. The summed E-state index contributed by atoms with van der Waals surface area (Å²) in [6.45, 7) is 3.96. The minimum atomic E-state index is -3.84. The Hall–Kier alpha value is -1.73. The van der Waals surface area contributed by atoms with Crippen LogP contribution in [0.5, 0.6) is 0 Å². The van der Waals surface area contributed by atoms with Gasteiger partial charge in [-0.25, -0.2) is 18.7 Å². The molecule has 0 fully saturated rings. The summed E-state index contributed by atoms with van der Waals surface area (Å²) in [5.41, 5.74) is 2.99. The highest BCUT2D eigenvalue weighted by Gasteiger charge is 2.15. The molecule has 0 saturated carbocycles. The molecule has 1 heterocycles. The van der Waals surface area contributed by atoms with Crippen LogP contribution in [0, 0.1) is 13.8 Å². The fraction of sp³-hybridized carbons (Fsp3) is 0.200. The van der Waals surface area contributed by atoms with E-state index in [0.29, 0.717) is 5.82 Å². The molecule has 2 rings (SSSR count). The Bertz CT molecular complexity index is 661. The first kappa shape index (κ1) is 11.7. The van der Waals surface area contributed by atoms with Gasteiger partial charge in [0.05, 0.1) is 0 Å². The standard InChI is InChI=1S/C10H12N4O2S/c1-6-3-4-8(5-7(6)2)9-12-10(14-13-9)17(11,15)16/h3-5H,1-2H3,(H2,11,15,16)(H,12,13,14). The third kappa shape index (κ3) is 2.34. The van der Waals surface area contributed by atoms with Crippen LogP contribution in [0.2, 0.25) is 0 Å². The molecule has 1 aromatic carbocycles. The van der Waals surface area contributed by atoms with Crippen LogP contribution in [0.15, 0.2) is 23.4 Å². The van der Waals surface area contributed by atoms with Gasteiger partial charge in [0, 0.05) is 5.56 Å². The molecule has 0 aliphatic rings. The van der Waals surface area contributed by atoms with E-state index in [-0.39, 0.29) is 5.16 Å². The first-order valence-corrected chi connectivity index (χ1v) is 6.45. The van der Waals surface area contributed by atoms with E-state index < -0.39 is 10.0 Å². The molecular formula is C10H12N4O2S. The van der Waals surface area contributed by atoms with Crippen LogP contribution in [0.25, 0.3) is 11.4 Å². The Balaban J connectivity index is 2.47. The number of H-pyrrole nitrogens is 1. The summed E-state index contributed by atoms with van der Waals surface area (Å²) >= 11 is 0. The fourth-order valence-electron chi connectivity index (χ4n) is 1.38. The highest BCUT2D eigenvalue weighted by molar-refractivity contribution is 7.89. The van der Waals surface area contributed by atoms with Crippen molar-refractivity contribution in [1.29, 1.82) is 0 Å². The molecule has 0 amide bonds. The minimum Gasteiger partial charge on any atom is -0.248 e. The smallest absolute Gasteiger partial charge is 0.248 e. The number of benzene rings is 1. The van der Waals surface area contributed by atoms with Crippen molar-refractivity contribution in [3.05, 3.63) is 29.3 Å². The Morgan fingerprint density at radius 3 is 2.47 bits per heavy atom. The summed E-state index contributed by atoms with van der Waals surface area (Å²) in [5, 5.41) is 10.7. The van der Waals surface area contributed by atoms with Gasteiger partial charge in [-0.2, -0.15) is 10.1 Å². The predicted octanol–water partition coefficient (Wildman–Crippen LogP) is 0.736. The molecule has 0 aliphatic carbocycles. The van der Waals surface area contributed by atoms with Gasteiger partial charge in [0.1, 0.15) is 0 Å². The summed E-state index contributed by atoms with van der Waals surface area (Å²) in [5.74, 6) is 0.317. The zero-order valence-corrected chi connectivity index (χ0v) is 10.2. The van der Waals surface area contributed by atoms with E-state index in [9.17, 15) is 8.42 Å². The molecule has 0 unspecified atom stereocenters. The third-order valence-corrected chi connectivity index (χ3v) is 3.22. The number of hydrogen-bond donors (Lipinski definition) is 2. The van der Waals surface area contributed by atoms with E-state index >= 15 is 0 Å². The first-order chi connectivity index (χ1) is 7.88. The van der Waals surface area contributed by atoms with Gasteiger partial charge in [-0.3, -0.25) is 0 Å². The van der Waals surface area contributed by atoms with Gasteiger partial charge in [0.15, 0.2) is 5.82 Å². The molecule has 0 spiro atoms. The normalized spacial score (nSPS) is 11.7. The maximum absolute atomic E-state index is 11.0. The largest absolute Gasteiger partial charge is 0.273 e. The average molecular weight is 252 g/mol. The van der Waals surface area contributed by atoms with Crippen molar-refractivity contribution in [1.82, 2.24) is 15.2 Å². The molecule has 3 N–H and O–H groups in total. The highest BCUT2D eigenvalue weighted by Crippen LogP contribution is 2.19. The molecule has 0 saturated heterocycles. The monoisotopic (exact) mass is 252 g/mol. The van der Waals surface area contributed by atoms with Gasteiger partial charge in [-0.15, -0.1) is 0 Å². The second-order valence-electron chi connectivity index (χ2n) is 3.81. The zero-order valence-electron chi connectivity index (χ0n) is 9.43. The Morgan fingerprint density at radius 1 is 1.24 bits per heavy atom. The van der Waals surface area contributed by atoms with Crippen LogP contribution in [0.3, 0.4) is 0 Å². The third-order valence-electron chi connectivity index (χ3n) is 2.50. The number of hydrogen-bond acceptors (Lipinski definition) is 4. The van der Waals surface area contributed by atoms with Gasteiger partial charge in [0.2, 0.25) is 0 Å². The SMILES string of the molecule is Cc1ccc(-c2n[nH]c(S(N)(=O)=O)n2)cc1C. The van der Waals surface area contributed by atoms with Crippen molar-refractivity contribution in [3.63, 3.8) is 0 Å². The topological polar surface area (TPSA) is 102 Å². The van der Waals surface area contributed by atoms with Crippen LogP contribution in [0.1, 0.15) is 11.1 Å². The van der Waals surface area contributed by atoms with Crippen molar-refractivity contribution in [2.45, 2.75) is 19.0 Å². The lowest BCUT2D eigenvalue weighted by Crippen LogP contribution is -2.13. The molecule has 1 aromatic heterocycles. The van der Waals surface area contributed by atoms with Crippen molar-refractivity contribution < 1.29 is 8.42 Å². The van der Waals surface area contributed by atoms with Crippen LogP contribution >= 0.6 is 0 Å². The molecule has 6 nitrogen and oxygen atoms in total. The highest BCUT2D eigenvalue weighted by atomic mass is 32.2. The molecule has 0 aliphatic heterocycles. The Labute approximate surface area is 98.9 Å². The second kappa shape index (κ2) is 3.94. The summed E-state index contributed by atoms with van der Waals surface area (Å²) in [6.07, 6.45) is 0. The van der Waals surface area contributed by atoms with Gasteiger partial charge in [0.25, 0.3) is 15.2 Å². The Morgan fingerprint density at radius 2 is 1.94 bits per heavy atom. The van der Waals surface area contributed by atoms with Crippen molar-refractivity contribution in [2.75, 3.05) is 0 Å². The predicted molar refractivity (Wildman–Crippen MR) is 62.7 cm³/mol. The van der Waals surface area contributed by atoms with Crippen LogP contribution < -0.4 is 5.14 Å². The van der Waals surface area contributed by atoms with Crippen LogP contribution in [0.4, 0.5) is 0 Å². The molecule has 17 heavy (non-hydrogen) atoms. The molecule has 7 heteroatoms.